The molecule has 6 heteroatoms. The zero-order valence-corrected chi connectivity index (χ0v) is 13.3. The summed E-state index contributed by atoms with van der Waals surface area (Å²) in [4.78, 5) is 11.9. The zero-order valence-electron chi connectivity index (χ0n) is 11.6. The fourth-order valence-corrected chi connectivity index (χ4v) is 2.98. The highest BCUT2D eigenvalue weighted by molar-refractivity contribution is 7.73. The molecular formula is C14H17N3OS2. The summed E-state index contributed by atoms with van der Waals surface area (Å²) in [5, 5.41) is 7.69. The molecule has 106 valence electrons. The molecule has 0 radical (unpaired) electrons. The van der Waals surface area contributed by atoms with E-state index < -0.39 is 0 Å². The molecule has 0 saturated carbocycles. The van der Waals surface area contributed by atoms with Gasteiger partial charge in [-0.05, 0) is 45.1 Å². The second kappa shape index (κ2) is 6.19. The summed E-state index contributed by atoms with van der Waals surface area (Å²) >= 11 is 6.86. The van der Waals surface area contributed by atoms with E-state index in [9.17, 15) is 4.79 Å². The number of benzene rings is 1. The van der Waals surface area contributed by atoms with Crippen LogP contribution in [0.2, 0.25) is 0 Å². The number of aromatic nitrogens is 1. The first-order chi connectivity index (χ1) is 9.49. The molecule has 1 heterocycles. The Kier molecular flexibility index (Phi) is 4.57. The number of aryl methyl sites for hydroxylation is 1. The monoisotopic (exact) mass is 307 g/mol. The van der Waals surface area contributed by atoms with Gasteiger partial charge >= 0.3 is 6.03 Å². The maximum Gasteiger partial charge on any atom is 0.319 e. The van der Waals surface area contributed by atoms with Crippen LogP contribution < -0.4 is 10.6 Å². The third-order valence-electron chi connectivity index (χ3n) is 2.68. The van der Waals surface area contributed by atoms with Crippen molar-refractivity contribution in [2.75, 3.05) is 5.32 Å². The van der Waals surface area contributed by atoms with E-state index in [1.165, 1.54) is 11.3 Å². The molecule has 0 aliphatic heterocycles. The Labute approximate surface area is 127 Å². The Hall–Kier alpha value is -1.66. The molecule has 2 rings (SSSR count). The number of para-hydroxylation sites is 2. The van der Waals surface area contributed by atoms with E-state index in [1.54, 1.807) is 0 Å². The standard InChI is InChI=1S/C14H17N3OS2/c1-9(2)15-13(18)16-11-6-4-5-7-12(11)17-10(3)8-20-14(17)19/h4-9H,1-3H3,(H2,15,16,18). The number of rotatable bonds is 3. The number of carbonyl (C=O) groups is 1. The molecule has 0 bridgehead atoms. The van der Waals surface area contributed by atoms with E-state index in [2.05, 4.69) is 10.6 Å². The van der Waals surface area contributed by atoms with Crippen molar-refractivity contribution in [3.8, 4) is 5.69 Å². The molecule has 2 N–H and O–H groups in total. The van der Waals surface area contributed by atoms with Crippen molar-refractivity contribution in [2.45, 2.75) is 26.8 Å². The molecule has 20 heavy (non-hydrogen) atoms. The minimum absolute atomic E-state index is 0.0900. The van der Waals surface area contributed by atoms with Gasteiger partial charge in [-0.1, -0.05) is 12.1 Å². The van der Waals surface area contributed by atoms with Crippen molar-refractivity contribution in [1.29, 1.82) is 0 Å². The van der Waals surface area contributed by atoms with E-state index in [-0.39, 0.29) is 12.1 Å². The van der Waals surface area contributed by atoms with Gasteiger partial charge < -0.3 is 10.6 Å². The largest absolute Gasteiger partial charge is 0.336 e. The number of nitrogens with one attached hydrogen (secondary N) is 2. The number of amides is 2. The second-order valence-electron chi connectivity index (χ2n) is 4.75. The lowest BCUT2D eigenvalue weighted by Crippen LogP contribution is -2.34. The Morgan fingerprint density at radius 2 is 2.05 bits per heavy atom. The van der Waals surface area contributed by atoms with Crippen LogP contribution in [-0.2, 0) is 0 Å². The van der Waals surface area contributed by atoms with E-state index in [4.69, 9.17) is 12.2 Å². The highest BCUT2D eigenvalue weighted by atomic mass is 32.1. The molecule has 2 amide bonds. The minimum Gasteiger partial charge on any atom is -0.336 e. The van der Waals surface area contributed by atoms with Gasteiger partial charge in [-0.15, -0.1) is 11.3 Å². The number of hydrogen-bond donors (Lipinski definition) is 2. The molecule has 4 nitrogen and oxygen atoms in total. The smallest absolute Gasteiger partial charge is 0.319 e. The van der Waals surface area contributed by atoms with Crippen molar-refractivity contribution in [2.24, 2.45) is 0 Å². The van der Waals surface area contributed by atoms with Crippen molar-refractivity contribution in [3.63, 3.8) is 0 Å². The lowest BCUT2D eigenvalue weighted by molar-refractivity contribution is 0.250. The van der Waals surface area contributed by atoms with E-state index in [0.717, 1.165) is 21.0 Å². The molecule has 0 saturated heterocycles. The van der Waals surface area contributed by atoms with E-state index >= 15 is 0 Å². The van der Waals surface area contributed by atoms with Crippen LogP contribution in [0.15, 0.2) is 29.6 Å². The van der Waals surface area contributed by atoms with Gasteiger partial charge in [0.15, 0.2) is 3.95 Å². The normalized spacial score (nSPS) is 10.6. The highest BCUT2D eigenvalue weighted by Crippen LogP contribution is 2.24. The predicted octanol–water partition coefficient (Wildman–Crippen LogP) is 4.11. The molecule has 0 aliphatic rings. The Morgan fingerprint density at radius 3 is 2.65 bits per heavy atom. The molecular weight excluding hydrogens is 290 g/mol. The number of anilines is 1. The van der Waals surface area contributed by atoms with Crippen LogP contribution in [0.1, 0.15) is 19.5 Å². The molecule has 1 aromatic carbocycles. The molecule has 2 aromatic rings. The molecule has 0 atom stereocenters. The summed E-state index contributed by atoms with van der Waals surface area (Å²) < 4.78 is 2.73. The van der Waals surface area contributed by atoms with E-state index in [1.807, 2.05) is 55.0 Å². The number of nitrogens with zero attached hydrogens (tertiary/aromatic N) is 1. The van der Waals surface area contributed by atoms with Crippen LogP contribution in [-0.4, -0.2) is 16.6 Å². The van der Waals surface area contributed by atoms with Gasteiger partial charge in [0.25, 0.3) is 0 Å². The third-order valence-corrected chi connectivity index (χ3v) is 3.99. The fourth-order valence-electron chi connectivity index (χ4n) is 1.87. The maximum atomic E-state index is 11.9. The average Bonchev–Trinajstić information content (AvgIpc) is 2.69. The van der Waals surface area contributed by atoms with Gasteiger partial charge in [0.05, 0.1) is 11.4 Å². The summed E-state index contributed by atoms with van der Waals surface area (Å²) in [6.45, 7) is 5.84. The fraction of sp³-hybridized carbons (Fsp3) is 0.286. The van der Waals surface area contributed by atoms with Crippen LogP contribution in [0.3, 0.4) is 0 Å². The molecule has 0 fully saturated rings. The molecule has 0 spiro atoms. The first-order valence-corrected chi connectivity index (χ1v) is 7.62. The van der Waals surface area contributed by atoms with Gasteiger partial charge in [-0.25, -0.2) is 4.79 Å². The van der Waals surface area contributed by atoms with Gasteiger partial charge in [-0.2, -0.15) is 0 Å². The van der Waals surface area contributed by atoms with Crippen LogP contribution in [0, 0.1) is 10.9 Å². The van der Waals surface area contributed by atoms with Crippen molar-refractivity contribution in [3.05, 3.63) is 39.3 Å². The first-order valence-electron chi connectivity index (χ1n) is 6.33. The van der Waals surface area contributed by atoms with Gasteiger partial charge in [0.1, 0.15) is 0 Å². The minimum atomic E-state index is -0.216. The summed E-state index contributed by atoms with van der Waals surface area (Å²) in [6, 6.07) is 7.51. The topological polar surface area (TPSA) is 46.1 Å². The third kappa shape index (κ3) is 3.26. The van der Waals surface area contributed by atoms with Crippen molar-refractivity contribution < 1.29 is 4.79 Å². The average molecular weight is 307 g/mol. The van der Waals surface area contributed by atoms with Gasteiger partial charge in [-0.3, -0.25) is 4.57 Å². The number of urea groups is 1. The lowest BCUT2D eigenvalue weighted by Gasteiger charge is -2.15. The Bertz CT molecular complexity index is 673. The number of hydrogen-bond acceptors (Lipinski definition) is 3. The zero-order chi connectivity index (χ0) is 14.7. The highest BCUT2D eigenvalue weighted by Gasteiger charge is 2.10. The Morgan fingerprint density at radius 1 is 1.35 bits per heavy atom. The van der Waals surface area contributed by atoms with Crippen LogP contribution in [0.25, 0.3) is 5.69 Å². The van der Waals surface area contributed by atoms with Crippen LogP contribution in [0.5, 0.6) is 0 Å². The number of carbonyl (C=O) groups excluding carboxylic acids is 1. The molecule has 0 unspecified atom stereocenters. The molecule has 0 aliphatic carbocycles. The molecule has 1 aromatic heterocycles. The van der Waals surface area contributed by atoms with Crippen molar-refractivity contribution >= 4 is 35.3 Å². The first kappa shape index (κ1) is 14.7. The second-order valence-corrected chi connectivity index (χ2v) is 6.25. The van der Waals surface area contributed by atoms with Gasteiger partial charge in [0.2, 0.25) is 0 Å². The maximum absolute atomic E-state index is 11.9. The van der Waals surface area contributed by atoms with Crippen LogP contribution >= 0.6 is 23.6 Å². The lowest BCUT2D eigenvalue weighted by atomic mass is 10.2. The predicted molar refractivity (Wildman–Crippen MR) is 86.5 cm³/mol. The SMILES string of the molecule is Cc1csc(=S)n1-c1ccccc1NC(=O)NC(C)C. The van der Waals surface area contributed by atoms with E-state index in [0.29, 0.717) is 0 Å². The van der Waals surface area contributed by atoms with Crippen LogP contribution in [0.4, 0.5) is 10.5 Å². The summed E-state index contributed by atoms with van der Waals surface area (Å²) in [6.07, 6.45) is 0. The quantitative estimate of drug-likeness (QED) is 0.838. The van der Waals surface area contributed by atoms with Gasteiger partial charge in [0, 0.05) is 17.1 Å². The van der Waals surface area contributed by atoms with Crippen molar-refractivity contribution in [1.82, 2.24) is 9.88 Å². The summed E-state index contributed by atoms with van der Waals surface area (Å²) in [5.74, 6) is 0. The summed E-state index contributed by atoms with van der Waals surface area (Å²) in [7, 11) is 0. The summed E-state index contributed by atoms with van der Waals surface area (Å²) in [5.41, 5.74) is 2.68. The number of thiazole rings is 1. The Balaban J connectivity index is 2.37.